The molecular weight excluding hydrogens is 298 g/mol. The Kier molecular flexibility index (Phi) is 4.02. The Balaban J connectivity index is 2.52. The molecule has 116 valence electrons. The highest BCUT2D eigenvalue weighted by molar-refractivity contribution is 6.03. The van der Waals surface area contributed by atoms with Crippen molar-refractivity contribution in [1.29, 1.82) is 0 Å². The fourth-order valence-corrected chi connectivity index (χ4v) is 2.34. The van der Waals surface area contributed by atoms with Crippen LogP contribution >= 0.6 is 0 Å². The zero-order valence-electron chi connectivity index (χ0n) is 11.4. The van der Waals surface area contributed by atoms with E-state index < -0.39 is 44.7 Å². The van der Waals surface area contributed by atoms with E-state index in [0.717, 1.165) is 30.2 Å². The van der Waals surface area contributed by atoms with Crippen LogP contribution in [-0.2, 0) is 14.3 Å². The lowest BCUT2D eigenvalue weighted by Gasteiger charge is -2.16. The van der Waals surface area contributed by atoms with Crippen LogP contribution in [0.2, 0.25) is 0 Å². The lowest BCUT2D eigenvalue weighted by atomic mass is 10.1. The number of hydrogen-bond acceptors (Lipinski definition) is 7. The van der Waals surface area contributed by atoms with E-state index in [4.69, 9.17) is 0 Å². The number of rotatable bonds is 4. The van der Waals surface area contributed by atoms with Gasteiger partial charge in [-0.25, -0.2) is 0 Å². The molecule has 10 heteroatoms. The molecule has 1 atom stereocenters. The van der Waals surface area contributed by atoms with Gasteiger partial charge in [0, 0.05) is 25.1 Å². The number of amides is 1. The first kappa shape index (κ1) is 15.4. The number of nitro benzene ring substituents is 2. The summed E-state index contributed by atoms with van der Waals surface area (Å²) >= 11 is 0. The van der Waals surface area contributed by atoms with Crippen LogP contribution in [0.25, 0.3) is 0 Å². The number of carbonyl (C=O) groups is 2. The molecule has 1 aromatic rings. The molecular formula is C12H11N3O7. The first-order valence-electron chi connectivity index (χ1n) is 6.16. The van der Waals surface area contributed by atoms with Crippen LogP contribution < -0.4 is 4.90 Å². The van der Waals surface area contributed by atoms with Gasteiger partial charge in [-0.1, -0.05) is 0 Å². The molecule has 1 heterocycles. The molecule has 0 radical (unpaired) electrons. The Morgan fingerprint density at radius 3 is 2.27 bits per heavy atom. The molecule has 1 aliphatic rings. The van der Waals surface area contributed by atoms with Gasteiger partial charge in [0.2, 0.25) is 11.6 Å². The van der Waals surface area contributed by atoms with E-state index in [1.54, 1.807) is 0 Å². The molecule has 1 unspecified atom stereocenters. The summed E-state index contributed by atoms with van der Waals surface area (Å²) in [5.41, 5.74) is -1.53. The molecule has 2 rings (SSSR count). The quantitative estimate of drug-likeness (QED) is 0.460. The number of esters is 1. The van der Waals surface area contributed by atoms with Crippen molar-refractivity contribution in [2.45, 2.75) is 6.42 Å². The minimum Gasteiger partial charge on any atom is -0.469 e. The van der Waals surface area contributed by atoms with Crippen LogP contribution in [0.3, 0.4) is 0 Å². The maximum atomic E-state index is 12.0. The minimum atomic E-state index is -0.808. The molecule has 1 fully saturated rings. The summed E-state index contributed by atoms with van der Waals surface area (Å²) in [6.07, 6.45) is -0.212. The zero-order chi connectivity index (χ0) is 16.4. The molecule has 1 amide bonds. The predicted molar refractivity (Wildman–Crippen MR) is 72.2 cm³/mol. The van der Waals surface area contributed by atoms with Crippen LogP contribution in [0.1, 0.15) is 6.42 Å². The monoisotopic (exact) mass is 309 g/mol. The van der Waals surface area contributed by atoms with Crippen molar-refractivity contribution in [2.75, 3.05) is 18.6 Å². The van der Waals surface area contributed by atoms with E-state index in [1.807, 2.05) is 0 Å². The number of hydrogen-bond donors (Lipinski definition) is 0. The highest BCUT2D eigenvalue weighted by atomic mass is 16.6. The van der Waals surface area contributed by atoms with Gasteiger partial charge in [-0.05, 0) is 6.07 Å². The molecule has 22 heavy (non-hydrogen) atoms. The third-order valence-electron chi connectivity index (χ3n) is 3.32. The van der Waals surface area contributed by atoms with Gasteiger partial charge >= 0.3 is 5.97 Å². The molecule has 0 aliphatic carbocycles. The summed E-state index contributed by atoms with van der Waals surface area (Å²) in [6, 6.07) is 3.31. The van der Waals surface area contributed by atoms with Gasteiger partial charge in [0.25, 0.3) is 11.4 Å². The summed E-state index contributed by atoms with van der Waals surface area (Å²) in [7, 11) is 1.16. The van der Waals surface area contributed by atoms with Crippen LogP contribution in [0.4, 0.5) is 17.1 Å². The Hall–Kier alpha value is -3.04. The molecule has 0 saturated carbocycles. The third kappa shape index (κ3) is 2.57. The number of carbonyl (C=O) groups excluding carboxylic acids is 2. The first-order valence-corrected chi connectivity index (χ1v) is 6.16. The smallest absolute Gasteiger partial charge is 0.311 e. The number of benzene rings is 1. The normalized spacial score (nSPS) is 17.4. The molecule has 0 spiro atoms. The van der Waals surface area contributed by atoms with Crippen molar-refractivity contribution in [3.63, 3.8) is 0 Å². The number of nitro groups is 2. The van der Waals surface area contributed by atoms with Gasteiger partial charge in [-0.2, -0.15) is 0 Å². The summed E-state index contributed by atoms with van der Waals surface area (Å²) in [4.78, 5) is 45.0. The predicted octanol–water partition coefficient (Wildman–Crippen LogP) is 1.03. The van der Waals surface area contributed by atoms with Crippen LogP contribution in [-0.4, -0.2) is 35.4 Å². The molecule has 0 bridgehead atoms. The van der Waals surface area contributed by atoms with E-state index in [9.17, 15) is 29.8 Å². The summed E-state index contributed by atoms with van der Waals surface area (Å²) < 4.78 is 4.54. The highest BCUT2D eigenvalue weighted by Crippen LogP contribution is 2.40. The van der Waals surface area contributed by atoms with Crippen LogP contribution in [0.15, 0.2) is 18.2 Å². The van der Waals surface area contributed by atoms with E-state index in [-0.39, 0.29) is 13.0 Å². The largest absolute Gasteiger partial charge is 0.469 e. The number of ether oxygens (including phenoxy) is 1. The second kappa shape index (κ2) is 5.76. The summed E-state index contributed by atoms with van der Waals surface area (Å²) in [5, 5.41) is 22.2. The second-order valence-electron chi connectivity index (χ2n) is 4.59. The third-order valence-corrected chi connectivity index (χ3v) is 3.32. The van der Waals surface area contributed by atoms with E-state index in [2.05, 4.69) is 4.74 Å². The van der Waals surface area contributed by atoms with Crippen LogP contribution in [0, 0.1) is 26.1 Å². The zero-order valence-corrected chi connectivity index (χ0v) is 11.4. The fraction of sp³-hybridized carbons (Fsp3) is 0.333. The first-order chi connectivity index (χ1) is 10.4. The fourth-order valence-electron chi connectivity index (χ4n) is 2.34. The molecule has 1 aromatic carbocycles. The van der Waals surface area contributed by atoms with Crippen molar-refractivity contribution in [1.82, 2.24) is 0 Å². The van der Waals surface area contributed by atoms with Crippen molar-refractivity contribution in [3.8, 4) is 0 Å². The second-order valence-corrected chi connectivity index (χ2v) is 4.59. The Labute approximate surface area is 123 Å². The number of methoxy groups -OCH3 is 1. The Morgan fingerprint density at radius 2 is 1.82 bits per heavy atom. The standard InChI is InChI=1S/C12H11N3O7/c1-22-12(17)7-5-10(16)13(6-7)11-8(14(18)19)3-2-4-9(11)15(20)21/h2-4,7H,5-6H2,1H3. The summed E-state index contributed by atoms with van der Waals surface area (Å²) in [6.45, 7) is -0.197. The average Bonchev–Trinajstić information content (AvgIpc) is 2.87. The SMILES string of the molecule is COC(=O)C1CC(=O)N(c2c([N+](=O)[O-])cccc2[N+](=O)[O-])C1. The topological polar surface area (TPSA) is 133 Å². The lowest BCUT2D eigenvalue weighted by molar-refractivity contribution is -0.392. The number of nitrogens with zero attached hydrogens (tertiary/aromatic N) is 3. The van der Waals surface area contributed by atoms with Crippen molar-refractivity contribution in [3.05, 3.63) is 38.4 Å². The average molecular weight is 309 g/mol. The summed E-state index contributed by atoms with van der Waals surface area (Å²) in [5.74, 6) is -2.05. The van der Waals surface area contributed by atoms with Gasteiger partial charge < -0.3 is 4.74 Å². The van der Waals surface area contributed by atoms with E-state index in [0.29, 0.717) is 0 Å². The van der Waals surface area contributed by atoms with Gasteiger partial charge in [0.1, 0.15) is 0 Å². The molecule has 1 aliphatic heterocycles. The maximum absolute atomic E-state index is 12.0. The maximum Gasteiger partial charge on any atom is 0.311 e. The molecule has 1 saturated heterocycles. The Morgan fingerprint density at radius 1 is 1.27 bits per heavy atom. The number of para-hydroxylation sites is 1. The van der Waals surface area contributed by atoms with Gasteiger partial charge in [0.05, 0.1) is 22.9 Å². The lowest BCUT2D eigenvalue weighted by Crippen LogP contribution is -2.27. The number of anilines is 1. The minimum absolute atomic E-state index is 0.197. The van der Waals surface area contributed by atoms with Crippen molar-refractivity contribution >= 4 is 28.9 Å². The molecule has 0 N–H and O–H groups in total. The molecule has 0 aromatic heterocycles. The van der Waals surface area contributed by atoms with Gasteiger partial charge in [-0.3, -0.25) is 34.7 Å². The Bertz CT molecular complexity index is 640. The van der Waals surface area contributed by atoms with Gasteiger partial charge in [0.15, 0.2) is 0 Å². The van der Waals surface area contributed by atoms with Crippen molar-refractivity contribution in [2.24, 2.45) is 5.92 Å². The molecule has 10 nitrogen and oxygen atoms in total. The van der Waals surface area contributed by atoms with Gasteiger partial charge in [-0.15, -0.1) is 0 Å². The van der Waals surface area contributed by atoms with E-state index in [1.165, 1.54) is 0 Å². The van der Waals surface area contributed by atoms with E-state index >= 15 is 0 Å². The van der Waals surface area contributed by atoms with Crippen molar-refractivity contribution < 1.29 is 24.2 Å². The van der Waals surface area contributed by atoms with Crippen LogP contribution in [0.5, 0.6) is 0 Å². The highest BCUT2D eigenvalue weighted by Gasteiger charge is 2.41.